The van der Waals surface area contributed by atoms with Gasteiger partial charge in [-0.15, -0.1) is 0 Å². The number of hydrogen-bond acceptors (Lipinski definition) is 2. The van der Waals surface area contributed by atoms with E-state index in [-0.39, 0.29) is 5.37 Å². The molecule has 0 saturated carbocycles. The van der Waals surface area contributed by atoms with Gasteiger partial charge in [-0.3, -0.25) is 0 Å². The second kappa shape index (κ2) is 11.6. The van der Waals surface area contributed by atoms with Crippen LogP contribution in [0.4, 0.5) is 5.69 Å². The lowest BCUT2D eigenvalue weighted by atomic mass is 9.92. The topological polar surface area (TPSA) is 17.0 Å². The van der Waals surface area contributed by atoms with Gasteiger partial charge < -0.3 is 9.88 Å². The summed E-state index contributed by atoms with van der Waals surface area (Å²) in [5.41, 5.74) is 11.0. The Balaban J connectivity index is 1.08. The Bertz CT molecular complexity index is 2960. The predicted molar refractivity (Wildman–Crippen MR) is 223 cm³/mol. The minimum absolute atomic E-state index is 0.164. The number of anilines is 1. The molecule has 2 heterocycles. The molecule has 0 fully saturated rings. The van der Waals surface area contributed by atoms with Crippen LogP contribution < -0.4 is 5.32 Å². The molecule has 0 spiro atoms. The molecule has 3 heteroatoms. The van der Waals surface area contributed by atoms with Gasteiger partial charge in [0.25, 0.3) is 0 Å². The third-order valence-electron chi connectivity index (χ3n) is 10.8. The number of aromatic nitrogens is 1. The summed E-state index contributed by atoms with van der Waals surface area (Å²) in [7, 11) is 0. The number of rotatable bonds is 4. The fraction of sp³-hybridized carbons (Fsp3) is 0.0204. The quantitative estimate of drug-likeness (QED) is 0.186. The zero-order chi connectivity index (χ0) is 34.2. The van der Waals surface area contributed by atoms with Crippen molar-refractivity contribution in [2.75, 3.05) is 5.32 Å². The Morgan fingerprint density at radius 1 is 0.404 bits per heavy atom. The Morgan fingerprint density at radius 2 is 0.923 bits per heavy atom. The molecule has 1 unspecified atom stereocenters. The summed E-state index contributed by atoms with van der Waals surface area (Å²) >= 11 is 1.91. The van der Waals surface area contributed by atoms with Gasteiger partial charge in [0.1, 0.15) is 5.37 Å². The van der Waals surface area contributed by atoms with Crippen molar-refractivity contribution in [3.05, 3.63) is 188 Å². The van der Waals surface area contributed by atoms with Crippen LogP contribution in [0.3, 0.4) is 0 Å². The van der Waals surface area contributed by atoms with E-state index in [4.69, 9.17) is 0 Å². The van der Waals surface area contributed by atoms with E-state index >= 15 is 0 Å². The first-order chi connectivity index (χ1) is 25.8. The minimum atomic E-state index is 0.164. The molecule has 10 aromatic rings. The lowest BCUT2D eigenvalue weighted by Gasteiger charge is -2.13. The van der Waals surface area contributed by atoms with Gasteiger partial charge >= 0.3 is 0 Å². The number of fused-ring (bicyclic) bond motifs is 11. The highest BCUT2D eigenvalue weighted by molar-refractivity contribution is 8.00. The Labute approximate surface area is 306 Å². The van der Waals surface area contributed by atoms with Gasteiger partial charge in [-0.25, -0.2) is 0 Å². The van der Waals surface area contributed by atoms with E-state index in [1.165, 1.54) is 92.5 Å². The summed E-state index contributed by atoms with van der Waals surface area (Å²) in [6.45, 7) is 0. The highest BCUT2D eigenvalue weighted by Gasteiger charge is 2.28. The van der Waals surface area contributed by atoms with E-state index in [2.05, 4.69) is 192 Å². The van der Waals surface area contributed by atoms with Gasteiger partial charge in [0, 0.05) is 16.5 Å². The summed E-state index contributed by atoms with van der Waals surface area (Å²) in [6.07, 6.45) is 0. The molecule has 0 aliphatic carbocycles. The Morgan fingerprint density at radius 3 is 1.62 bits per heavy atom. The second-order valence-corrected chi connectivity index (χ2v) is 14.8. The van der Waals surface area contributed by atoms with Gasteiger partial charge in [0.2, 0.25) is 0 Å². The van der Waals surface area contributed by atoms with Crippen LogP contribution in [0.5, 0.6) is 0 Å². The number of nitrogens with zero attached hydrogens (tertiary/aromatic N) is 1. The van der Waals surface area contributed by atoms with Gasteiger partial charge in [0.15, 0.2) is 0 Å². The maximum absolute atomic E-state index is 3.82. The van der Waals surface area contributed by atoms with Gasteiger partial charge in [-0.1, -0.05) is 157 Å². The van der Waals surface area contributed by atoms with Crippen molar-refractivity contribution in [1.82, 2.24) is 4.57 Å². The minimum Gasteiger partial charge on any atom is -0.368 e. The van der Waals surface area contributed by atoms with E-state index in [9.17, 15) is 0 Å². The first-order valence-electron chi connectivity index (χ1n) is 17.9. The van der Waals surface area contributed by atoms with Crippen LogP contribution >= 0.6 is 11.8 Å². The SMILES string of the molecule is c1ccc(-c2ccc3c(c2)c2ccc4c(c2n3-c2ccc(-c3ccc5c6ccccc6c6ccccc6c5c3)cc2)SC(c2ccccc2)N4)cc1. The molecule has 52 heavy (non-hydrogen) atoms. The fourth-order valence-corrected chi connectivity index (χ4v) is 9.63. The molecule has 1 aromatic heterocycles. The highest BCUT2D eigenvalue weighted by atomic mass is 32.2. The zero-order valence-corrected chi connectivity index (χ0v) is 29.1. The third kappa shape index (κ3) is 4.53. The van der Waals surface area contributed by atoms with E-state index in [1.54, 1.807) is 0 Å². The molecule has 0 bridgehead atoms. The van der Waals surface area contributed by atoms with Gasteiger partial charge in [0.05, 0.1) is 21.6 Å². The molecule has 0 amide bonds. The van der Waals surface area contributed by atoms with Crippen LogP contribution in [0, 0.1) is 0 Å². The van der Waals surface area contributed by atoms with Gasteiger partial charge in [-0.2, -0.15) is 0 Å². The Hall–Kier alpha value is -6.29. The smallest absolute Gasteiger partial charge is 0.103 e. The fourth-order valence-electron chi connectivity index (χ4n) is 8.35. The first-order valence-corrected chi connectivity index (χ1v) is 18.8. The van der Waals surface area contributed by atoms with Crippen molar-refractivity contribution in [2.24, 2.45) is 0 Å². The van der Waals surface area contributed by atoms with Crippen molar-refractivity contribution < 1.29 is 0 Å². The lowest BCUT2D eigenvalue weighted by Crippen LogP contribution is -2.00. The normalized spacial score (nSPS) is 14.0. The molecular weight excluding hydrogens is 649 g/mol. The lowest BCUT2D eigenvalue weighted by molar-refractivity contribution is 1.13. The predicted octanol–water partition coefficient (Wildman–Crippen LogP) is 13.8. The van der Waals surface area contributed by atoms with Crippen molar-refractivity contribution >= 4 is 71.6 Å². The molecule has 11 rings (SSSR count). The number of thioether (sulfide) groups is 1. The van der Waals surface area contributed by atoms with E-state index in [0.29, 0.717) is 0 Å². The number of hydrogen-bond donors (Lipinski definition) is 1. The summed E-state index contributed by atoms with van der Waals surface area (Å²) in [4.78, 5) is 1.29. The van der Waals surface area contributed by atoms with E-state index in [0.717, 1.165) is 5.69 Å². The van der Waals surface area contributed by atoms with Crippen LogP contribution in [0.15, 0.2) is 187 Å². The van der Waals surface area contributed by atoms with E-state index in [1.807, 2.05) is 11.8 Å². The maximum Gasteiger partial charge on any atom is 0.103 e. The summed E-state index contributed by atoms with van der Waals surface area (Å²) < 4.78 is 2.48. The molecule has 244 valence electrons. The summed E-state index contributed by atoms with van der Waals surface area (Å²) in [5.74, 6) is 0. The van der Waals surface area contributed by atoms with Crippen LogP contribution in [-0.2, 0) is 0 Å². The maximum atomic E-state index is 3.82. The number of benzene rings is 9. The average molecular weight is 681 g/mol. The van der Waals surface area contributed by atoms with Crippen LogP contribution in [0.2, 0.25) is 0 Å². The second-order valence-electron chi connectivity index (χ2n) is 13.7. The zero-order valence-electron chi connectivity index (χ0n) is 28.3. The first kappa shape index (κ1) is 29.4. The largest absolute Gasteiger partial charge is 0.368 e. The average Bonchev–Trinajstić information content (AvgIpc) is 3.81. The van der Waals surface area contributed by atoms with Crippen molar-refractivity contribution in [2.45, 2.75) is 10.3 Å². The van der Waals surface area contributed by atoms with Crippen LogP contribution in [0.25, 0.3) is 82.1 Å². The highest BCUT2D eigenvalue weighted by Crippen LogP contribution is 2.52. The molecular formula is C49H32N2S. The third-order valence-corrected chi connectivity index (χ3v) is 12.1. The molecule has 1 aliphatic rings. The number of nitrogens with one attached hydrogen (secondary N) is 1. The van der Waals surface area contributed by atoms with Crippen molar-refractivity contribution in [3.63, 3.8) is 0 Å². The van der Waals surface area contributed by atoms with Gasteiger partial charge in [-0.05, 0) is 96.5 Å². The molecule has 0 saturated heterocycles. The summed E-state index contributed by atoms with van der Waals surface area (Å²) in [6, 6.07) is 66.7. The molecule has 1 aliphatic heterocycles. The van der Waals surface area contributed by atoms with Crippen molar-refractivity contribution in [3.8, 4) is 27.9 Å². The molecule has 2 nitrogen and oxygen atoms in total. The van der Waals surface area contributed by atoms with Crippen molar-refractivity contribution in [1.29, 1.82) is 0 Å². The van der Waals surface area contributed by atoms with Crippen LogP contribution in [-0.4, -0.2) is 4.57 Å². The standard InChI is InChI=1S/C49H32N2S/c1-3-11-31(12-4-1)35-22-28-46-44(30-35)42-26-27-45-48(52-49(50-45)33-13-5-2-6-14-33)47(42)51(46)36-23-19-32(20-24-36)34-21-25-41-39-17-8-7-15-37(39)38-16-9-10-18-40(38)43(41)29-34/h1-30,49-50H. The molecule has 1 N–H and O–H groups in total. The molecule has 1 atom stereocenters. The molecule has 0 radical (unpaired) electrons. The van der Waals surface area contributed by atoms with E-state index < -0.39 is 0 Å². The molecule has 9 aromatic carbocycles. The summed E-state index contributed by atoms with van der Waals surface area (Å²) in [5, 5.41) is 14.3. The monoisotopic (exact) mass is 680 g/mol. The Kier molecular flexibility index (Phi) is 6.58. The van der Waals surface area contributed by atoms with Crippen LogP contribution in [0.1, 0.15) is 10.9 Å².